The molecule has 2 rings (SSSR count). The van der Waals surface area contributed by atoms with E-state index in [2.05, 4.69) is 72.2 Å². The Morgan fingerprint density at radius 3 is 2.57 bits per heavy atom. The topological polar surface area (TPSA) is 65.0 Å². The molecule has 2 N–H and O–H groups in total. The molecule has 0 radical (unpaired) electrons. The van der Waals surface area contributed by atoms with Crippen LogP contribution in [-0.4, -0.2) is 74.4 Å². The first-order chi connectivity index (χ1) is 14.6. The van der Waals surface area contributed by atoms with E-state index < -0.39 is 0 Å². The number of pyridine rings is 1. The van der Waals surface area contributed by atoms with E-state index in [-0.39, 0.29) is 6.10 Å². The molecule has 1 aliphatic heterocycles. The molecule has 7 nitrogen and oxygen atoms in total. The van der Waals surface area contributed by atoms with Gasteiger partial charge in [0.15, 0.2) is 5.96 Å². The van der Waals surface area contributed by atoms with Gasteiger partial charge in [-0.25, -0.2) is 9.98 Å². The zero-order valence-corrected chi connectivity index (χ0v) is 19.7. The summed E-state index contributed by atoms with van der Waals surface area (Å²) in [5, 5.41) is 6.79. The second kappa shape index (κ2) is 13.4. The van der Waals surface area contributed by atoms with Crippen molar-refractivity contribution >= 4 is 11.8 Å². The van der Waals surface area contributed by atoms with Gasteiger partial charge < -0.3 is 25.2 Å². The number of aromatic nitrogens is 1. The molecule has 0 spiro atoms. The van der Waals surface area contributed by atoms with Crippen molar-refractivity contribution in [1.82, 2.24) is 20.5 Å². The third kappa shape index (κ3) is 8.11. The predicted molar refractivity (Wildman–Crippen MR) is 126 cm³/mol. The van der Waals surface area contributed by atoms with Gasteiger partial charge in [0.2, 0.25) is 0 Å². The van der Waals surface area contributed by atoms with Crippen LogP contribution < -0.4 is 15.5 Å². The number of piperazine rings is 1. The highest BCUT2D eigenvalue weighted by Crippen LogP contribution is 2.16. The molecular weight excluding hydrogens is 376 g/mol. The van der Waals surface area contributed by atoms with Gasteiger partial charge in [-0.2, -0.15) is 0 Å². The minimum atomic E-state index is 0.279. The quantitative estimate of drug-likeness (QED) is 0.426. The van der Waals surface area contributed by atoms with E-state index in [9.17, 15) is 0 Å². The van der Waals surface area contributed by atoms with Crippen LogP contribution in [0.2, 0.25) is 0 Å². The molecule has 0 bridgehead atoms. The van der Waals surface area contributed by atoms with Crippen molar-refractivity contribution in [3.05, 3.63) is 23.9 Å². The Kier molecular flexibility index (Phi) is 10.9. The zero-order valence-electron chi connectivity index (χ0n) is 19.7. The number of guanidine groups is 1. The van der Waals surface area contributed by atoms with Gasteiger partial charge in [0, 0.05) is 52.1 Å². The van der Waals surface area contributed by atoms with Crippen molar-refractivity contribution in [3.63, 3.8) is 0 Å². The van der Waals surface area contributed by atoms with E-state index in [0.717, 1.165) is 70.6 Å². The first-order valence-corrected chi connectivity index (χ1v) is 11.6. The summed E-state index contributed by atoms with van der Waals surface area (Å²) in [6.45, 7) is 19.3. The number of hydrogen-bond acceptors (Lipinski definition) is 5. The highest BCUT2D eigenvalue weighted by molar-refractivity contribution is 5.79. The van der Waals surface area contributed by atoms with Crippen molar-refractivity contribution in [1.29, 1.82) is 0 Å². The summed E-state index contributed by atoms with van der Waals surface area (Å²) < 4.78 is 5.84. The molecule has 0 aromatic carbocycles. The van der Waals surface area contributed by atoms with Gasteiger partial charge >= 0.3 is 0 Å². The molecule has 1 atom stereocenters. The normalized spacial score (nSPS) is 16.7. The largest absolute Gasteiger partial charge is 0.378 e. The Morgan fingerprint density at radius 2 is 1.93 bits per heavy atom. The third-order valence-electron chi connectivity index (χ3n) is 5.56. The summed E-state index contributed by atoms with van der Waals surface area (Å²) in [5.74, 6) is 2.43. The van der Waals surface area contributed by atoms with E-state index in [1.54, 1.807) is 0 Å². The average Bonchev–Trinajstić information content (AvgIpc) is 2.77. The van der Waals surface area contributed by atoms with Crippen molar-refractivity contribution < 1.29 is 4.74 Å². The molecule has 1 fully saturated rings. The molecule has 2 heterocycles. The summed E-state index contributed by atoms with van der Waals surface area (Å²) in [5.41, 5.74) is 1.18. The van der Waals surface area contributed by atoms with E-state index in [0.29, 0.717) is 12.5 Å². The number of rotatable bonds is 11. The first kappa shape index (κ1) is 24.4. The molecule has 1 unspecified atom stereocenters. The smallest absolute Gasteiger partial charge is 0.191 e. The number of ether oxygens (including phenoxy) is 1. The Labute approximate surface area is 183 Å². The lowest BCUT2D eigenvalue weighted by Gasteiger charge is -2.34. The maximum atomic E-state index is 5.84. The number of aliphatic imine (C=N–C) groups is 1. The number of likely N-dealkylation sites (N-methyl/N-ethyl adjacent to an activating group) is 1. The van der Waals surface area contributed by atoms with Gasteiger partial charge in [0.1, 0.15) is 5.82 Å². The minimum Gasteiger partial charge on any atom is -0.378 e. The molecule has 1 aliphatic rings. The van der Waals surface area contributed by atoms with Gasteiger partial charge in [-0.15, -0.1) is 0 Å². The van der Waals surface area contributed by atoms with Crippen LogP contribution in [-0.2, 0) is 11.3 Å². The van der Waals surface area contributed by atoms with Crippen LogP contribution in [0.4, 0.5) is 5.82 Å². The highest BCUT2D eigenvalue weighted by Gasteiger charge is 2.17. The average molecular weight is 419 g/mol. The summed E-state index contributed by atoms with van der Waals surface area (Å²) >= 11 is 0. The fourth-order valence-electron chi connectivity index (χ4n) is 3.69. The molecule has 1 aromatic heterocycles. The first-order valence-electron chi connectivity index (χ1n) is 11.6. The molecule has 0 amide bonds. The third-order valence-corrected chi connectivity index (χ3v) is 5.56. The van der Waals surface area contributed by atoms with Crippen molar-refractivity contribution in [2.45, 2.75) is 53.7 Å². The van der Waals surface area contributed by atoms with Gasteiger partial charge in [-0.05, 0) is 50.4 Å². The fraction of sp³-hybridized carbons (Fsp3) is 0.739. The van der Waals surface area contributed by atoms with Crippen molar-refractivity contribution in [2.24, 2.45) is 10.9 Å². The van der Waals surface area contributed by atoms with Crippen LogP contribution in [0, 0.1) is 5.92 Å². The molecule has 30 heavy (non-hydrogen) atoms. The van der Waals surface area contributed by atoms with E-state index in [1.165, 1.54) is 5.56 Å². The van der Waals surface area contributed by atoms with E-state index in [1.807, 2.05) is 6.20 Å². The molecule has 0 saturated carbocycles. The second-order valence-corrected chi connectivity index (χ2v) is 8.09. The molecular formula is C23H42N6O. The maximum absolute atomic E-state index is 5.84. The van der Waals surface area contributed by atoms with Crippen LogP contribution in [0.15, 0.2) is 23.3 Å². The van der Waals surface area contributed by atoms with E-state index in [4.69, 9.17) is 9.73 Å². The lowest BCUT2D eigenvalue weighted by molar-refractivity contribution is 0.0258. The Hall–Kier alpha value is -1.86. The standard InChI is InChI=1S/C23H42N6O/c1-6-24-23(26-12-10-21(19(4)5)30-8-3)27-18-20-9-11-25-22(17-20)29-15-13-28(7-2)14-16-29/h9,11,17,19,21H,6-8,10,12-16,18H2,1-5H3,(H2,24,26,27). The molecule has 1 saturated heterocycles. The fourth-order valence-corrected chi connectivity index (χ4v) is 3.69. The van der Waals surface area contributed by atoms with Crippen LogP contribution in [0.1, 0.15) is 46.6 Å². The van der Waals surface area contributed by atoms with Gasteiger partial charge in [-0.1, -0.05) is 20.8 Å². The lowest BCUT2D eigenvalue weighted by Crippen LogP contribution is -2.46. The lowest BCUT2D eigenvalue weighted by atomic mass is 10.0. The predicted octanol–water partition coefficient (Wildman–Crippen LogP) is 2.73. The van der Waals surface area contributed by atoms with Crippen LogP contribution in [0.3, 0.4) is 0 Å². The number of hydrogen-bond donors (Lipinski definition) is 2. The summed E-state index contributed by atoms with van der Waals surface area (Å²) in [6.07, 6.45) is 3.16. The number of nitrogens with zero attached hydrogens (tertiary/aromatic N) is 4. The van der Waals surface area contributed by atoms with Crippen molar-refractivity contribution in [2.75, 3.05) is 57.3 Å². The molecule has 170 valence electrons. The molecule has 7 heteroatoms. The molecule has 1 aromatic rings. The monoisotopic (exact) mass is 418 g/mol. The van der Waals surface area contributed by atoms with Crippen LogP contribution in [0.25, 0.3) is 0 Å². The zero-order chi connectivity index (χ0) is 21.8. The summed E-state index contributed by atoms with van der Waals surface area (Å²) in [7, 11) is 0. The van der Waals surface area contributed by atoms with Crippen LogP contribution >= 0.6 is 0 Å². The Balaban J connectivity index is 1.91. The Morgan fingerprint density at radius 1 is 1.17 bits per heavy atom. The number of nitrogens with one attached hydrogen (secondary N) is 2. The molecule has 0 aliphatic carbocycles. The Bertz CT molecular complexity index is 628. The van der Waals surface area contributed by atoms with E-state index >= 15 is 0 Å². The minimum absolute atomic E-state index is 0.279. The highest BCUT2D eigenvalue weighted by atomic mass is 16.5. The summed E-state index contributed by atoms with van der Waals surface area (Å²) in [4.78, 5) is 14.2. The maximum Gasteiger partial charge on any atom is 0.191 e. The SMILES string of the molecule is CCNC(=NCc1ccnc(N2CCN(CC)CC2)c1)NCCC(OCC)C(C)C. The van der Waals surface area contributed by atoms with Gasteiger partial charge in [0.25, 0.3) is 0 Å². The summed E-state index contributed by atoms with van der Waals surface area (Å²) in [6, 6.07) is 4.24. The number of anilines is 1. The van der Waals surface area contributed by atoms with Crippen LogP contribution in [0.5, 0.6) is 0 Å². The van der Waals surface area contributed by atoms with Gasteiger partial charge in [-0.3, -0.25) is 0 Å². The second-order valence-electron chi connectivity index (χ2n) is 8.09. The van der Waals surface area contributed by atoms with Gasteiger partial charge in [0.05, 0.1) is 12.6 Å². The van der Waals surface area contributed by atoms with Crippen molar-refractivity contribution in [3.8, 4) is 0 Å².